The van der Waals surface area contributed by atoms with E-state index in [1.165, 1.54) is 34.5 Å². The van der Waals surface area contributed by atoms with E-state index in [2.05, 4.69) is 17.4 Å². The number of carbonyl (C=O) groups excluding carboxylic acids is 1. The van der Waals surface area contributed by atoms with Crippen LogP contribution in [-0.2, 0) is 27.7 Å². The van der Waals surface area contributed by atoms with Crippen LogP contribution in [0.15, 0.2) is 53.4 Å². The number of hydrogen-bond donors (Lipinski definition) is 1. The zero-order chi connectivity index (χ0) is 17.3. The van der Waals surface area contributed by atoms with Crippen molar-refractivity contribution < 1.29 is 13.2 Å². The normalized spacial score (nSPS) is 14.6. The van der Waals surface area contributed by atoms with Gasteiger partial charge in [-0.2, -0.15) is 4.31 Å². The van der Waals surface area contributed by atoms with Crippen molar-refractivity contribution in [2.24, 2.45) is 0 Å². The molecule has 24 heavy (non-hydrogen) atoms. The number of carbonyl (C=O) groups is 1. The molecule has 3 rings (SSSR count). The van der Waals surface area contributed by atoms with E-state index in [1.807, 2.05) is 12.1 Å². The molecule has 0 atom stereocenters. The van der Waals surface area contributed by atoms with Crippen molar-refractivity contribution in [3.8, 4) is 0 Å². The fraction of sp³-hybridized carbons (Fsp3) is 0.278. The van der Waals surface area contributed by atoms with Crippen molar-refractivity contribution >= 4 is 21.6 Å². The molecule has 0 aromatic heterocycles. The Labute approximate surface area is 142 Å². The SMILES string of the molecule is CC(=O)Nc1ccc(S(=O)(=O)N(C)C2Cc3ccccc3C2)cc1. The number of nitrogens with zero attached hydrogens (tertiary/aromatic N) is 1. The van der Waals surface area contributed by atoms with Crippen LogP contribution in [0, 0.1) is 0 Å². The minimum absolute atomic E-state index is 0.0672. The van der Waals surface area contributed by atoms with Gasteiger partial charge in [0.15, 0.2) is 0 Å². The number of rotatable bonds is 4. The smallest absolute Gasteiger partial charge is 0.243 e. The molecule has 0 aliphatic heterocycles. The van der Waals surface area contributed by atoms with Crippen LogP contribution in [-0.4, -0.2) is 31.7 Å². The van der Waals surface area contributed by atoms with Crippen molar-refractivity contribution in [2.75, 3.05) is 12.4 Å². The van der Waals surface area contributed by atoms with Crippen LogP contribution in [0.1, 0.15) is 18.1 Å². The predicted molar refractivity (Wildman–Crippen MR) is 93.3 cm³/mol. The Kier molecular flexibility index (Phi) is 4.43. The van der Waals surface area contributed by atoms with E-state index in [4.69, 9.17) is 0 Å². The van der Waals surface area contributed by atoms with Crippen LogP contribution in [0.4, 0.5) is 5.69 Å². The fourth-order valence-corrected chi connectivity index (χ4v) is 4.42. The molecule has 0 saturated carbocycles. The van der Waals surface area contributed by atoms with Gasteiger partial charge in [-0.05, 0) is 48.2 Å². The average molecular weight is 344 g/mol. The lowest BCUT2D eigenvalue weighted by Crippen LogP contribution is -2.37. The highest BCUT2D eigenvalue weighted by molar-refractivity contribution is 7.89. The van der Waals surface area contributed by atoms with E-state index in [9.17, 15) is 13.2 Å². The molecule has 5 nitrogen and oxygen atoms in total. The maximum absolute atomic E-state index is 12.8. The zero-order valence-corrected chi connectivity index (χ0v) is 14.5. The number of anilines is 1. The molecule has 1 amide bonds. The molecule has 0 unspecified atom stereocenters. The first kappa shape index (κ1) is 16.7. The lowest BCUT2D eigenvalue weighted by molar-refractivity contribution is -0.114. The van der Waals surface area contributed by atoms with Crippen LogP contribution in [0.5, 0.6) is 0 Å². The molecule has 2 aromatic carbocycles. The molecular weight excluding hydrogens is 324 g/mol. The first-order chi connectivity index (χ1) is 11.4. The van der Waals surface area contributed by atoms with Gasteiger partial charge in [-0.1, -0.05) is 24.3 Å². The molecule has 0 radical (unpaired) electrons. The summed E-state index contributed by atoms with van der Waals surface area (Å²) in [7, 11) is -1.93. The van der Waals surface area contributed by atoms with Crippen LogP contribution in [0.25, 0.3) is 0 Å². The van der Waals surface area contributed by atoms with Crippen molar-refractivity contribution in [1.29, 1.82) is 0 Å². The molecule has 1 aliphatic rings. The summed E-state index contributed by atoms with van der Waals surface area (Å²) in [6, 6.07) is 14.3. The Morgan fingerprint density at radius 1 is 1.04 bits per heavy atom. The second kappa shape index (κ2) is 6.37. The van der Waals surface area contributed by atoms with Gasteiger partial charge in [-0.15, -0.1) is 0 Å². The number of benzene rings is 2. The Bertz CT molecular complexity index is 835. The average Bonchev–Trinajstić information content (AvgIpc) is 2.98. The molecule has 0 fully saturated rings. The molecule has 0 spiro atoms. The first-order valence-electron chi connectivity index (χ1n) is 7.80. The lowest BCUT2D eigenvalue weighted by atomic mass is 10.1. The van der Waals surface area contributed by atoms with Gasteiger partial charge in [0.2, 0.25) is 15.9 Å². The van der Waals surface area contributed by atoms with E-state index in [-0.39, 0.29) is 16.8 Å². The molecule has 1 aliphatic carbocycles. The van der Waals surface area contributed by atoms with Crippen molar-refractivity contribution in [2.45, 2.75) is 30.7 Å². The summed E-state index contributed by atoms with van der Waals surface area (Å²) >= 11 is 0. The monoisotopic (exact) mass is 344 g/mol. The minimum Gasteiger partial charge on any atom is -0.326 e. The minimum atomic E-state index is -3.56. The highest BCUT2D eigenvalue weighted by Gasteiger charge is 2.32. The quantitative estimate of drug-likeness (QED) is 0.926. The molecule has 0 bridgehead atoms. The zero-order valence-electron chi connectivity index (χ0n) is 13.7. The van der Waals surface area contributed by atoms with E-state index >= 15 is 0 Å². The Morgan fingerprint density at radius 3 is 2.08 bits per heavy atom. The molecule has 0 heterocycles. The molecule has 6 heteroatoms. The number of sulfonamides is 1. The second-order valence-electron chi connectivity index (χ2n) is 6.06. The van der Waals surface area contributed by atoms with Crippen LogP contribution < -0.4 is 5.32 Å². The molecule has 1 N–H and O–H groups in total. The van der Waals surface area contributed by atoms with Crippen molar-refractivity contribution in [3.05, 3.63) is 59.7 Å². The number of nitrogens with one attached hydrogen (secondary N) is 1. The summed E-state index contributed by atoms with van der Waals surface area (Å²) in [6.45, 7) is 1.41. The van der Waals surface area contributed by atoms with E-state index in [0.29, 0.717) is 5.69 Å². The maximum atomic E-state index is 12.8. The Hall–Kier alpha value is -2.18. The summed E-state index contributed by atoms with van der Waals surface area (Å²) in [5.41, 5.74) is 3.01. The molecule has 2 aromatic rings. The summed E-state index contributed by atoms with van der Waals surface area (Å²) in [6.07, 6.45) is 1.46. The van der Waals surface area contributed by atoms with Gasteiger partial charge in [0.1, 0.15) is 0 Å². The second-order valence-corrected chi connectivity index (χ2v) is 8.06. The first-order valence-corrected chi connectivity index (χ1v) is 9.24. The van der Waals surface area contributed by atoms with Gasteiger partial charge >= 0.3 is 0 Å². The molecule has 126 valence electrons. The van der Waals surface area contributed by atoms with Gasteiger partial charge < -0.3 is 5.32 Å². The van der Waals surface area contributed by atoms with E-state index in [0.717, 1.165) is 12.8 Å². The number of fused-ring (bicyclic) bond motifs is 1. The topological polar surface area (TPSA) is 66.5 Å². The van der Waals surface area contributed by atoms with Crippen LogP contribution in [0.3, 0.4) is 0 Å². The molecule has 0 saturated heterocycles. The summed E-state index contributed by atoms with van der Waals surface area (Å²) in [5, 5.41) is 2.63. The summed E-state index contributed by atoms with van der Waals surface area (Å²) in [4.78, 5) is 11.3. The van der Waals surface area contributed by atoms with Gasteiger partial charge in [0, 0.05) is 25.7 Å². The van der Waals surface area contributed by atoms with Crippen molar-refractivity contribution in [3.63, 3.8) is 0 Å². The van der Waals surface area contributed by atoms with Gasteiger partial charge in [0.05, 0.1) is 4.90 Å². The van der Waals surface area contributed by atoms with Gasteiger partial charge in [-0.25, -0.2) is 8.42 Å². The van der Waals surface area contributed by atoms with Crippen LogP contribution in [0.2, 0.25) is 0 Å². The van der Waals surface area contributed by atoms with Crippen LogP contribution >= 0.6 is 0 Å². The summed E-state index contributed by atoms with van der Waals surface area (Å²) in [5.74, 6) is -0.188. The third kappa shape index (κ3) is 3.20. The highest BCUT2D eigenvalue weighted by Crippen LogP contribution is 2.28. The fourth-order valence-electron chi connectivity index (χ4n) is 3.07. The van der Waals surface area contributed by atoms with E-state index < -0.39 is 10.0 Å². The maximum Gasteiger partial charge on any atom is 0.243 e. The third-order valence-corrected chi connectivity index (χ3v) is 6.32. The Morgan fingerprint density at radius 2 is 1.58 bits per heavy atom. The lowest BCUT2D eigenvalue weighted by Gasteiger charge is -2.23. The molecular formula is C18H20N2O3S. The van der Waals surface area contributed by atoms with Gasteiger partial charge in [0.25, 0.3) is 0 Å². The predicted octanol–water partition coefficient (Wildman–Crippen LogP) is 2.43. The number of likely N-dealkylation sites (N-methyl/N-ethyl adjacent to an activating group) is 1. The Balaban J connectivity index is 1.79. The highest BCUT2D eigenvalue weighted by atomic mass is 32.2. The number of hydrogen-bond acceptors (Lipinski definition) is 3. The van der Waals surface area contributed by atoms with Crippen molar-refractivity contribution in [1.82, 2.24) is 4.31 Å². The third-order valence-electron chi connectivity index (χ3n) is 4.40. The van der Waals surface area contributed by atoms with Gasteiger partial charge in [-0.3, -0.25) is 4.79 Å². The number of amides is 1. The standard InChI is InChI=1S/C18H20N2O3S/c1-13(21)19-16-7-9-18(10-8-16)24(22,23)20(2)17-11-14-5-3-4-6-15(14)12-17/h3-10,17H,11-12H2,1-2H3,(H,19,21). The van der Waals surface area contributed by atoms with E-state index in [1.54, 1.807) is 19.2 Å². The largest absolute Gasteiger partial charge is 0.326 e. The summed E-state index contributed by atoms with van der Waals surface area (Å²) < 4.78 is 27.1.